The van der Waals surface area contributed by atoms with Crippen LogP contribution in [0.4, 0.5) is 5.13 Å². The van der Waals surface area contributed by atoms with Gasteiger partial charge in [-0.05, 0) is 19.3 Å². The van der Waals surface area contributed by atoms with Crippen molar-refractivity contribution in [1.29, 1.82) is 0 Å². The number of amides is 1. The van der Waals surface area contributed by atoms with Crippen LogP contribution in [0.5, 0.6) is 0 Å². The van der Waals surface area contributed by atoms with E-state index in [4.69, 9.17) is 0 Å². The monoisotopic (exact) mass is 312 g/mol. The predicted octanol–water partition coefficient (Wildman–Crippen LogP) is 2.13. The zero-order valence-corrected chi connectivity index (χ0v) is 13.4. The molecule has 1 heterocycles. The van der Waals surface area contributed by atoms with Gasteiger partial charge in [-0.3, -0.25) is 4.79 Å². The van der Waals surface area contributed by atoms with Crippen molar-refractivity contribution in [1.82, 2.24) is 15.1 Å². The molecule has 1 fully saturated rings. The first kappa shape index (κ1) is 16.2. The summed E-state index contributed by atoms with van der Waals surface area (Å²) in [5.41, 5.74) is 0. The highest BCUT2D eigenvalue weighted by Crippen LogP contribution is 2.25. The fourth-order valence-corrected chi connectivity index (χ4v) is 3.41. The van der Waals surface area contributed by atoms with E-state index in [1.807, 2.05) is 0 Å². The van der Waals surface area contributed by atoms with Gasteiger partial charge < -0.3 is 15.3 Å². The fourth-order valence-electron chi connectivity index (χ4n) is 2.69. The second-order valence-corrected chi connectivity index (χ2v) is 6.33. The van der Waals surface area contributed by atoms with Gasteiger partial charge in [0.05, 0.1) is 6.61 Å². The SMILES string of the molecule is CCCNc1nnc(C(=O)N(CCO)C2CCCCC2)s1. The van der Waals surface area contributed by atoms with E-state index in [1.54, 1.807) is 4.90 Å². The van der Waals surface area contributed by atoms with Crippen LogP contribution in [-0.4, -0.2) is 51.8 Å². The van der Waals surface area contributed by atoms with E-state index >= 15 is 0 Å². The summed E-state index contributed by atoms with van der Waals surface area (Å²) in [7, 11) is 0. The van der Waals surface area contributed by atoms with E-state index < -0.39 is 0 Å². The minimum Gasteiger partial charge on any atom is -0.395 e. The molecule has 0 aliphatic heterocycles. The molecule has 1 amide bonds. The molecule has 0 saturated heterocycles. The zero-order chi connectivity index (χ0) is 15.1. The van der Waals surface area contributed by atoms with Crippen molar-refractivity contribution in [3.05, 3.63) is 5.01 Å². The van der Waals surface area contributed by atoms with Crippen molar-refractivity contribution in [3.8, 4) is 0 Å². The van der Waals surface area contributed by atoms with Gasteiger partial charge in [-0.2, -0.15) is 0 Å². The number of aliphatic hydroxyl groups is 1. The third kappa shape index (κ3) is 4.38. The second-order valence-electron chi connectivity index (χ2n) is 5.35. The first-order valence-corrected chi connectivity index (χ1v) is 8.57. The molecule has 7 heteroatoms. The number of aliphatic hydroxyl groups excluding tert-OH is 1. The number of carbonyl (C=O) groups excluding carboxylic acids is 1. The number of hydrogen-bond donors (Lipinski definition) is 2. The molecule has 1 saturated carbocycles. The molecule has 1 aliphatic carbocycles. The van der Waals surface area contributed by atoms with Gasteiger partial charge in [0, 0.05) is 19.1 Å². The first-order valence-electron chi connectivity index (χ1n) is 7.75. The molecule has 21 heavy (non-hydrogen) atoms. The van der Waals surface area contributed by atoms with Gasteiger partial charge in [0.1, 0.15) is 0 Å². The average Bonchev–Trinajstić information content (AvgIpc) is 2.99. The molecule has 0 radical (unpaired) electrons. The van der Waals surface area contributed by atoms with E-state index in [9.17, 15) is 9.90 Å². The minimum atomic E-state index is -0.0991. The van der Waals surface area contributed by atoms with E-state index in [0.717, 1.165) is 38.6 Å². The quantitative estimate of drug-likeness (QED) is 0.806. The third-order valence-corrected chi connectivity index (χ3v) is 4.62. The highest BCUT2D eigenvalue weighted by Gasteiger charge is 2.28. The number of nitrogens with one attached hydrogen (secondary N) is 1. The standard InChI is InChI=1S/C14H24N4O2S/c1-2-8-15-14-17-16-12(21-14)13(20)18(9-10-19)11-6-4-3-5-7-11/h11,19H,2-10H2,1H3,(H,15,17). The number of nitrogens with zero attached hydrogens (tertiary/aromatic N) is 3. The average molecular weight is 312 g/mol. The Kier molecular flexibility index (Phi) is 6.38. The van der Waals surface area contributed by atoms with Gasteiger partial charge >= 0.3 is 0 Å². The van der Waals surface area contributed by atoms with Crippen LogP contribution in [0.25, 0.3) is 0 Å². The molecule has 0 aromatic carbocycles. The lowest BCUT2D eigenvalue weighted by Gasteiger charge is -2.33. The van der Waals surface area contributed by atoms with Gasteiger partial charge in [0.15, 0.2) is 0 Å². The maximum atomic E-state index is 12.6. The Morgan fingerprint density at radius 2 is 2.14 bits per heavy atom. The summed E-state index contributed by atoms with van der Waals surface area (Å²) >= 11 is 1.29. The molecular formula is C14H24N4O2S. The van der Waals surface area contributed by atoms with Crippen LogP contribution in [-0.2, 0) is 0 Å². The predicted molar refractivity (Wildman–Crippen MR) is 83.7 cm³/mol. The molecule has 1 aromatic heterocycles. The summed E-state index contributed by atoms with van der Waals surface area (Å²) < 4.78 is 0. The lowest BCUT2D eigenvalue weighted by atomic mass is 9.94. The van der Waals surface area contributed by atoms with E-state index in [1.165, 1.54) is 17.8 Å². The summed E-state index contributed by atoms with van der Waals surface area (Å²) in [6.07, 6.45) is 6.58. The Morgan fingerprint density at radius 1 is 1.38 bits per heavy atom. The third-order valence-electron chi connectivity index (χ3n) is 3.75. The topological polar surface area (TPSA) is 78.4 Å². The number of carbonyl (C=O) groups is 1. The first-order chi connectivity index (χ1) is 10.3. The Morgan fingerprint density at radius 3 is 2.81 bits per heavy atom. The maximum Gasteiger partial charge on any atom is 0.285 e. The Bertz CT molecular complexity index is 446. The fraction of sp³-hybridized carbons (Fsp3) is 0.786. The number of hydrogen-bond acceptors (Lipinski definition) is 6. The van der Waals surface area contributed by atoms with Crippen molar-refractivity contribution < 1.29 is 9.90 Å². The molecule has 1 aromatic rings. The van der Waals surface area contributed by atoms with Crippen molar-refractivity contribution in [2.24, 2.45) is 0 Å². The lowest BCUT2D eigenvalue weighted by Crippen LogP contribution is -2.43. The van der Waals surface area contributed by atoms with Crippen LogP contribution in [0.3, 0.4) is 0 Å². The minimum absolute atomic E-state index is 0.0119. The van der Waals surface area contributed by atoms with Gasteiger partial charge in [0.2, 0.25) is 10.1 Å². The van der Waals surface area contributed by atoms with E-state index in [0.29, 0.717) is 16.7 Å². The molecule has 0 atom stereocenters. The molecule has 118 valence electrons. The van der Waals surface area contributed by atoms with E-state index in [-0.39, 0.29) is 18.6 Å². The molecular weight excluding hydrogens is 288 g/mol. The number of anilines is 1. The van der Waals surface area contributed by atoms with Crippen LogP contribution >= 0.6 is 11.3 Å². The van der Waals surface area contributed by atoms with Crippen molar-refractivity contribution in [2.45, 2.75) is 51.5 Å². The lowest BCUT2D eigenvalue weighted by molar-refractivity contribution is 0.0584. The highest BCUT2D eigenvalue weighted by atomic mass is 32.1. The summed E-state index contributed by atoms with van der Waals surface area (Å²) in [5, 5.41) is 21.5. The van der Waals surface area contributed by atoms with Crippen LogP contribution in [0.2, 0.25) is 0 Å². The Labute approximate surface area is 129 Å². The largest absolute Gasteiger partial charge is 0.395 e. The van der Waals surface area contributed by atoms with Crippen molar-refractivity contribution >= 4 is 22.4 Å². The smallest absolute Gasteiger partial charge is 0.285 e. The van der Waals surface area contributed by atoms with Crippen LogP contribution in [0.1, 0.15) is 55.3 Å². The maximum absolute atomic E-state index is 12.6. The van der Waals surface area contributed by atoms with Crippen LogP contribution in [0, 0.1) is 0 Å². The second kappa shape index (κ2) is 8.29. The molecule has 2 N–H and O–H groups in total. The number of aromatic nitrogens is 2. The molecule has 0 unspecified atom stereocenters. The van der Waals surface area contributed by atoms with Crippen LogP contribution in [0.15, 0.2) is 0 Å². The molecule has 0 bridgehead atoms. The molecule has 1 aliphatic rings. The van der Waals surface area contributed by atoms with Gasteiger partial charge in [-0.1, -0.05) is 37.5 Å². The molecule has 0 spiro atoms. The van der Waals surface area contributed by atoms with Crippen molar-refractivity contribution in [3.63, 3.8) is 0 Å². The summed E-state index contributed by atoms with van der Waals surface area (Å²) in [4.78, 5) is 14.4. The number of rotatable bonds is 7. The van der Waals surface area contributed by atoms with E-state index in [2.05, 4.69) is 22.4 Å². The normalized spacial score (nSPS) is 15.9. The summed E-state index contributed by atoms with van der Waals surface area (Å²) in [5.74, 6) is -0.0991. The molecule has 2 rings (SSSR count). The summed E-state index contributed by atoms with van der Waals surface area (Å²) in [6, 6.07) is 0.231. The van der Waals surface area contributed by atoms with Gasteiger partial charge in [-0.15, -0.1) is 10.2 Å². The highest BCUT2D eigenvalue weighted by molar-refractivity contribution is 7.17. The Hall–Kier alpha value is -1.21. The summed E-state index contributed by atoms with van der Waals surface area (Å²) in [6.45, 7) is 3.26. The van der Waals surface area contributed by atoms with Gasteiger partial charge in [-0.25, -0.2) is 0 Å². The van der Waals surface area contributed by atoms with Gasteiger partial charge in [0.25, 0.3) is 5.91 Å². The molecule has 6 nitrogen and oxygen atoms in total. The van der Waals surface area contributed by atoms with Crippen molar-refractivity contribution in [2.75, 3.05) is 25.0 Å². The van der Waals surface area contributed by atoms with Crippen LogP contribution < -0.4 is 5.32 Å². The Balaban J connectivity index is 2.04. The zero-order valence-electron chi connectivity index (χ0n) is 12.5.